The number of amides is 3. The summed E-state index contributed by atoms with van der Waals surface area (Å²) in [5.74, 6) is -1.19. The van der Waals surface area contributed by atoms with Crippen LogP contribution in [0, 0.1) is 6.92 Å². The van der Waals surface area contributed by atoms with Gasteiger partial charge in [0.1, 0.15) is 0 Å². The predicted octanol–water partition coefficient (Wildman–Crippen LogP) is 2.37. The number of rotatable bonds is 8. The second kappa shape index (κ2) is 11.7. The van der Waals surface area contributed by atoms with Crippen molar-refractivity contribution in [2.45, 2.75) is 13.8 Å². The molecule has 0 heterocycles. The smallest absolute Gasteiger partial charge is 0.329 e. The minimum atomic E-state index is -0.879. The lowest BCUT2D eigenvalue weighted by Crippen LogP contribution is -2.35. The van der Waals surface area contributed by atoms with Crippen molar-refractivity contribution in [3.8, 4) is 11.5 Å². The number of aryl methyl sites for hydroxylation is 1. The van der Waals surface area contributed by atoms with E-state index in [9.17, 15) is 14.4 Å². The van der Waals surface area contributed by atoms with Crippen LogP contribution < -0.4 is 25.5 Å². The quantitative estimate of drug-likeness (QED) is 0.298. The molecule has 0 aromatic heterocycles. The third-order valence-electron chi connectivity index (χ3n) is 3.88. The highest BCUT2D eigenvalue weighted by molar-refractivity contribution is 9.10. The molecular weight excluding hydrogens is 468 g/mol. The highest BCUT2D eigenvalue weighted by Crippen LogP contribution is 2.28. The van der Waals surface area contributed by atoms with E-state index in [0.717, 1.165) is 10.0 Å². The van der Waals surface area contributed by atoms with Crippen molar-refractivity contribution in [2.24, 2.45) is 5.10 Å². The SMILES string of the molecule is CCOc1cc(/C=N\NC(=O)C(=O)NC)ccc1OCC(=O)Nc1ccc(Br)c(C)c1. The Hall–Kier alpha value is -3.40. The molecule has 0 bridgehead atoms. The van der Waals surface area contributed by atoms with E-state index in [0.29, 0.717) is 29.4 Å². The van der Waals surface area contributed by atoms with Crippen LogP contribution in [0.3, 0.4) is 0 Å². The number of ether oxygens (including phenoxy) is 2. The second-order valence-electron chi connectivity index (χ2n) is 6.22. The summed E-state index contributed by atoms with van der Waals surface area (Å²) in [5, 5.41) is 8.70. The summed E-state index contributed by atoms with van der Waals surface area (Å²) in [6.45, 7) is 3.93. The number of nitrogens with one attached hydrogen (secondary N) is 3. The Morgan fingerprint density at radius 2 is 1.84 bits per heavy atom. The molecule has 0 fully saturated rings. The number of anilines is 1. The van der Waals surface area contributed by atoms with Gasteiger partial charge in [0.2, 0.25) is 0 Å². The molecule has 31 heavy (non-hydrogen) atoms. The topological polar surface area (TPSA) is 118 Å². The molecule has 0 aliphatic carbocycles. The Balaban J connectivity index is 2.00. The van der Waals surface area contributed by atoms with Gasteiger partial charge in [-0.2, -0.15) is 5.10 Å². The number of halogens is 1. The van der Waals surface area contributed by atoms with Crippen molar-refractivity contribution < 1.29 is 23.9 Å². The number of hydrogen-bond donors (Lipinski definition) is 3. The summed E-state index contributed by atoms with van der Waals surface area (Å²) in [7, 11) is 1.35. The summed E-state index contributed by atoms with van der Waals surface area (Å²) >= 11 is 3.42. The van der Waals surface area contributed by atoms with Crippen molar-refractivity contribution in [3.05, 3.63) is 52.0 Å². The maximum atomic E-state index is 12.2. The summed E-state index contributed by atoms with van der Waals surface area (Å²) in [6, 6.07) is 10.4. The zero-order valence-electron chi connectivity index (χ0n) is 17.3. The van der Waals surface area contributed by atoms with Crippen molar-refractivity contribution in [1.82, 2.24) is 10.7 Å². The Labute approximate surface area is 188 Å². The fraction of sp³-hybridized carbons (Fsp3) is 0.238. The first-order chi connectivity index (χ1) is 14.8. The molecule has 0 aliphatic rings. The Morgan fingerprint density at radius 1 is 1.06 bits per heavy atom. The van der Waals surface area contributed by atoms with Crippen LogP contribution in [0.1, 0.15) is 18.1 Å². The molecule has 0 saturated carbocycles. The van der Waals surface area contributed by atoms with Crippen LogP contribution in [0.2, 0.25) is 0 Å². The molecule has 0 unspecified atom stereocenters. The summed E-state index contributed by atoms with van der Waals surface area (Å²) in [6.07, 6.45) is 1.36. The van der Waals surface area contributed by atoms with Crippen molar-refractivity contribution in [1.29, 1.82) is 0 Å². The van der Waals surface area contributed by atoms with Crippen LogP contribution in [0.5, 0.6) is 11.5 Å². The first kappa shape index (κ1) is 23.9. The predicted molar refractivity (Wildman–Crippen MR) is 120 cm³/mol. The number of nitrogens with zero attached hydrogens (tertiary/aromatic N) is 1. The van der Waals surface area contributed by atoms with Crippen LogP contribution in [0.4, 0.5) is 5.69 Å². The second-order valence-corrected chi connectivity index (χ2v) is 7.07. The lowest BCUT2D eigenvalue weighted by molar-refractivity contribution is -0.138. The van der Waals surface area contributed by atoms with E-state index in [1.165, 1.54) is 13.3 Å². The number of hydrogen-bond acceptors (Lipinski definition) is 6. The van der Waals surface area contributed by atoms with Gasteiger partial charge in [0, 0.05) is 17.2 Å². The molecule has 0 atom stereocenters. The molecule has 0 saturated heterocycles. The van der Waals surface area contributed by atoms with E-state index in [-0.39, 0.29) is 12.5 Å². The molecule has 3 N–H and O–H groups in total. The normalized spacial score (nSPS) is 10.5. The molecule has 0 radical (unpaired) electrons. The van der Waals surface area contributed by atoms with Gasteiger partial charge in [0.25, 0.3) is 5.91 Å². The van der Waals surface area contributed by atoms with Crippen LogP contribution in [-0.2, 0) is 14.4 Å². The van der Waals surface area contributed by atoms with Crippen LogP contribution in [0.25, 0.3) is 0 Å². The molecule has 0 aliphatic heterocycles. The van der Waals surface area contributed by atoms with E-state index in [2.05, 4.69) is 37.1 Å². The molecule has 164 valence electrons. The fourth-order valence-electron chi connectivity index (χ4n) is 2.39. The van der Waals surface area contributed by atoms with Crippen LogP contribution >= 0.6 is 15.9 Å². The van der Waals surface area contributed by atoms with Gasteiger partial charge in [-0.25, -0.2) is 5.43 Å². The van der Waals surface area contributed by atoms with Crippen molar-refractivity contribution in [2.75, 3.05) is 25.6 Å². The lowest BCUT2D eigenvalue weighted by Gasteiger charge is -2.13. The summed E-state index contributed by atoms with van der Waals surface area (Å²) in [4.78, 5) is 34.7. The number of carbonyl (C=O) groups excluding carboxylic acids is 3. The van der Waals surface area contributed by atoms with Crippen molar-refractivity contribution in [3.63, 3.8) is 0 Å². The van der Waals surface area contributed by atoms with Gasteiger partial charge in [-0.3, -0.25) is 14.4 Å². The average molecular weight is 491 g/mol. The molecule has 2 aromatic carbocycles. The number of carbonyl (C=O) groups is 3. The van der Waals surface area contributed by atoms with E-state index >= 15 is 0 Å². The Kier molecular flexibility index (Phi) is 9.01. The van der Waals surface area contributed by atoms with Gasteiger partial charge < -0.3 is 20.1 Å². The largest absolute Gasteiger partial charge is 0.490 e. The molecule has 10 heteroatoms. The number of benzene rings is 2. The first-order valence-electron chi connectivity index (χ1n) is 9.34. The van der Waals surface area contributed by atoms with E-state index in [1.54, 1.807) is 24.3 Å². The van der Waals surface area contributed by atoms with Crippen LogP contribution in [-0.4, -0.2) is 44.2 Å². The van der Waals surface area contributed by atoms with Gasteiger partial charge >= 0.3 is 11.8 Å². The van der Waals surface area contributed by atoms with Crippen LogP contribution in [0.15, 0.2) is 46.0 Å². The summed E-state index contributed by atoms with van der Waals surface area (Å²) in [5.41, 5.74) is 4.38. The highest BCUT2D eigenvalue weighted by Gasteiger charge is 2.11. The van der Waals surface area contributed by atoms with E-state index < -0.39 is 11.8 Å². The van der Waals surface area contributed by atoms with Gasteiger partial charge in [0.15, 0.2) is 18.1 Å². The molecule has 2 aromatic rings. The molecule has 2 rings (SSSR count). The van der Waals surface area contributed by atoms with E-state index in [4.69, 9.17) is 9.47 Å². The monoisotopic (exact) mass is 490 g/mol. The molecule has 3 amide bonds. The van der Waals surface area contributed by atoms with Crippen molar-refractivity contribution >= 4 is 45.6 Å². The third kappa shape index (κ3) is 7.41. The van der Waals surface area contributed by atoms with E-state index in [1.807, 2.05) is 26.0 Å². The molecule has 9 nitrogen and oxygen atoms in total. The Bertz CT molecular complexity index is 994. The maximum Gasteiger partial charge on any atom is 0.329 e. The molecular formula is C21H23BrN4O5. The van der Waals surface area contributed by atoms with Gasteiger partial charge in [-0.05, 0) is 61.4 Å². The maximum absolute atomic E-state index is 12.2. The minimum Gasteiger partial charge on any atom is -0.490 e. The lowest BCUT2D eigenvalue weighted by atomic mass is 10.2. The van der Waals surface area contributed by atoms with Gasteiger partial charge in [0.05, 0.1) is 12.8 Å². The number of likely N-dealkylation sites (N-methyl/N-ethyl adjacent to an activating group) is 1. The fourth-order valence-corrected chi connectivity index (χ4v) is 2.63. The number of hydrazone groups is 1. The third-order valence-corrected chi connectivity index (χ3v) is 4.77. The summed E-state index contributed by atoms with van der Waals surface area (Å²) < 4.78 is 12.1. The Morgan fingerprint density at radius 3 is 2.52 bits per heavy atom. The zero-order chi connectivity index (χ0) is 22.8. The zero-order valence-corrected chi connectivity index (χ0v) is 18.9. The first-order valence-corrected chi connectivity index (χ1v) is 10.1. The average Bonchev–Trinajstić information content (AvgIpc) is 2.75. The van der Waals surface area contributed by atoms with Gasteiger partial charge in [-0.15, -0.1) is 0 Å². The minimum absolute atomic E-state index is 0.204. The highest BCUT2D eigenvalue weighted by atomic mass is 79.9. The van der Waals surface area contributed by atoms with Gasteiger partial charge in [-0.1, -0.05) is 15.9 Å². The molecule has 0 spiro atoms. The standard InChI is InChI=1S/C21H23BrN4O5/c1-4-30-18-10-14(11-24-26-21(29)20(28)23-3)5-8-17(18)31-12-19(27)25-15-6-7-16(22)13(2)9-15/h5-11H,4,12H2,1-3H3,(H,23,28)(H,25,27)(H,26,29)/b24-11-.